The summed E-state index contributed by atoms with van der Waals surface area (Å²) in [6.07, 6.45) is 0.703. The van der Waals surface area contributed by atoms with E-state index >= 15 is 0 Å². The highest BCUT2D eigenvalue weighted by Gasteiger charge is 2.29. The molecule has 1 unspecified atom stereocenters. The number of carbonyl (C=O) groups is 1. The van der Waals surface area contributed by atoms with Gasteiger partial charge in [-0.2, -0.15) is 0 Å². The van der Waals surface area contributed by atoms with E-state index in [4.69, 9.17) is 0 Å². The van der Waals surface area contributed by atoms with E-state index < -0.39 is 5.82 Å². The Bertz CT molecular complexity index is 900. The fourth-order valence-electron chi connectivity index (χ4n) is 2.88. The number of carbonyl (C=O) groups excluding carboxylic acids is 1. The molecule has 5 nitrogen and oxygen atoms in total. The molecule has 2 aromatic rings. The van der Waals surface area contributed by atoms with Crippen LogP contribution in [0.1, 0.15) is 30.6 Å². The Hall–Kier alpha value is -1.67. The maximum Gasteiger partial charge on any atom is 0.257 e. The zero-order chi connectivity index (χ0) is 18.1. The molecule has 1 N–H and O–H groups in total. The first-order valence-electron chi connectivity index (χ1n) is 7.90. The lowest BCUT2D eigenvalue weighted by molar-refractivity contribution is -0.116. The van der Waals surface area contributed by atoms with E-state index in [-0.39, 0.29) is 29.6 Å². The summed E-state index contributed by atoms with van der Waals surface area (Å²) >= 11 is 4.65. The maximum absolute atomic E-state index is 13.9. The number of fused-ring (bicyclic) bond motifs is 1. The largest absolute Gasteiger partial charge is 0.324 e. The normalized spacial score (nSPS) is 15.9. The Morgan fingerprint density at radius 3 is 2.96 bits per heavy atom. The molecule has 0 spiro atoms. The summed E-state index contributed by atoms with van der Waals surface area (Å²) in [4.78, 5) is 29.5. The minimum Gasteiger partial charge on any atom is -0.324 e. The third-order valence-corrected chi connectivity index (χ3v) is 5.72. The van der Waals surface area contributed by atoms with Crippen LogP contribution >= 0.6 is 27.7 Å². The smallest absolute Gasteiger partial charge is 0.257 e. The van der Waals surface area contributed by atoms with Crippen molar-refractivity contribution in [2.24, 2.45) is 0 Å². The van der Waals surface area contributed by atoms with E-state index in [9.17, 15) is 14.0 Å². The van der Waals surface area contributed by atoms with Crippen molar-refractivity contribution in [3.8, 4) is 0 Å². The molecule has 0 fully saturated rings. The van der Waals surface area contributed by atoms with Crippen LogP contribution in [0.5, 0.6) is 0 Å². The fraction of sp³-hybridized carbons (Fsp3) is 0.353. The number of hydrogen-bond acceptors (Lipinski definition) is 4. The van der Waals surface area contributed by atoms with Gasteiger partial charge in [-0.3, -0.25) is 14.2 Å². The van der Waals surface area contributed by atoms with Crippen LogP contribution < -0.4 is 10.9 Å². The van der Waals surface area contributed by atoms with Crippen LogP contribution in [0, 0.1) is 12.7 Å². The molecule has 0 radical (unpaired) electrons. The van der Waals surface area contributed by atoms with Crippen molar-refractivity contribution in [1.82, 2.24) is 9.55 Å². The summed E-state index contributed by atoms with van der Waals surface area (Å²) < 4.78 is 16.1. The highest BCUT2D eigenvalue weighted by Crippen LogP contribution is 2.33. The SMILES string of the molecule is CCc1c(C)nc2n(c1=O)C(CC(=O)Nc1ccc(Br)cc1F)CS2. The Morgan fingerprint density at radius 1 is 1.52 bits per heavy atom. The Kier molecular flexibility index (Phi) is 5.29. The molecule has 0 saturated heterocycles. The predicted octanol–water partition coefficient (Wildman–Crippen LogP) is 3.69. The molecule has 1 atom stereocenters. The second kappa shape index (κ2) is 7.29. The number of benzene rings is 1. The summed E-state index contributed by atoms with van der Waals surface area (Å²) in [5.41, 5.74) is 1.47. The number of halogens is 2. The van der Waals surface area contributed by atoms with Crippen molar-refractivity contribution in [1.29, 1.82) is 0 Å². The lowest BCUT2D eigenvalue weighted by Gasteiger charge is -2.15. The molecule has 1 aliphatic heterocycles. The molecule has 2 heterocycles. The van der Waals surface area contributed by atoms with E-state index in [1.54, 1.807) is 10.6 Å². The van der Waals surface area contributed by atoms with Crippen molar-refractivity contribution in [3.05, 3.63) is 50.1 Å². The summed E-state index contributed by atoms with van der Waals surface area (Å²) in [5.74, 6) is -0.234. The predicted molar refractivity (Wildman–Crippen MR) is 99.7 cm³/mol. The topological polar surface area (TPSA) is 64.0 Å². The number of aromatic nitrogens is 2. The molecule has 0 saturated carbocycles. The van der Waals surface area contributed by atoms with Crippen LogP contribution in [-0.4, -0.2) is 21.2 Å². The van der Waals surface area contributed by atoms with Crippen molar-refractivity contribution in [2.75, 3.05) is 11.1 Å². The number of aryl methyl sites for hydroxylation is 1. The van der Waals surface area contributed by atoms with Gasteiger partial charge in [0.1, 0.15) is 5.82 Å². The number of thioether (sulfide) groups is 1. The minimum absolute atomic E-state index is 0.0809. The highest BCUT2D eigenvalue weighted by molar-refractivity contribution is 9.10. The lowest BCUT2D eigenvalue weighted by atomic mass is 10.1. The van der Waals surface area contributed by atoms with Gasteiger partial charge in [-0.05, 0) is 31.5 Å². The van der Waals surface area contributed by atoms with E-state index in [2.05, 4.69) is 26.2 Å². The monoisotopic (exact) mass is 425 g/mol. The number of hydrogen-bond donors (Lipinski definition) is 1. The van der Waals surface area contributed by atoms with Gasteiger partial charge in [-0.25, -0.2) is 9.37 Å². The molecule has 8 heteroatoms. The van der Waals surface area contributed by atoms with Crippen LogP contribution in [0.4, 0.5) is 10.1 Å². The summed E-state index contributed by atoms with van der Waals surface area (Å²) in [7, 11) is 0. The van der Waals surface area contributed by atoms with Gasteiger partial charge in [-0.1, -0.05) is 34.6 Å². The van der Waals surface area contributed by atoms with Gasteiger partial charge >= 0.3 is 0 Å². The summed E-state index contributed by atoms with van der Waals surface area (Å²) in [6, 6.07) is 4.18. The molecular formula is C17H17BrFN3O2S. The first-order valence-corrected chi connectivity index (χ1v) is 9.68. The fourth-order valence-corrected chi connectivity index (χ4v) is 4.40. The molecule has 1 aromatic heterocycles. The van der Waals surface area contributed by atoms with Gasteiger partial charge in [-0.15, -0.1) is 0 Å². The molecule has 132 valence electrons. The number of nitrogens with zero attached hydrogens (tertiary/aromatic N) is 2. The standard InChI is InChI=1S/C17H17BrFN3O2S/c1-3-12-9(2)20-17-22(16(12)24)11(8-25-17)7-15(23)21-14-5-4-10(18)6-13(14)19/h4-6,11H,3,7-8H2,1-2H3,(H,21,23). The van der Waals surface area contributed by atoms with Gasteiger partial charge in [0, 0.05) is 27.9 Å². The second-order valence-electron chi connectivity index (χ2n) is 5.83. The average molecular weight is 426 g/mol. The highest BCUT2D eigenvalue weighted by atomic mass is 79.9. The van der Waals surface area contributed by atoms with Crippen molar-refractivity contribution in [3.63, 3.8) is 0 Å². The van der Waals surface area contributed by atoms with Crippen LogP contribution in [0.25, 0.3) is 0 Å². The van der Waals surface area contributed by atoms with Crippen LogP contribution in [0.2, 0.25) is 0 Å². The number of rotatable bonds is 4. The van der Waals surface area contributed by atoms with Crippen molar-refractivity contribution >= 4 is 39.3 Å². The average Bonchev–Trinajstić information content (AvgIpc) is 2.93. The van der Waals surface area contributed by atoms with Crippen molar-refractivity contribution < 1.29 is 9.18 Å². The zero-order valence-electron chi connectivity index (χ0n) is 13.8. The van der Waals surface area contributed by atoms with E-state index in [0.717, 1.165) is 5.69 Å². The van der Waals surface area contributed by atoms with Gasteiger partial charge in [0.25, 0.3) is 5.56 Å². The Labute approximate surface area is 157 Å². The third-order valence-electron chi connectivity index (χ3n) is 4.13. The van der Waals surface area contributed by atoms with Crippen LogP contribution in [0.3, 0.4) is 0 Å². The minimum atomic E-state index is -0.508. The van der Waals surface area contributed by atoms with Crippen LogP contribution in [-0.2, 0) is 11.2 Å². The number of nitrogens with one attached hydrogen (secondary N) is 1. The first-order chi connectivity index (χ1) is 11.9. The zero-order valence-corrected chi connectivity index (χ0v) is 16.2. The Balaban J connectivity index is 1.80. The Morgan fingerprint density at radius 2 is 2.28 bits per heavy atom. The van der Waals surface area contributed by atoms with E-state index in [1.165, 1.54) is 23.9 Å². The molecule has 1 amide bonds. The van der Waals surface area contributed by atoms with E-state index in [1.807, 2.05) is 13.8 Å². The van der Waals surface area contributed by atoms with E-state index in [0.29, 0.717) is 27.4 Å². The summed E-state index contributed by atoms with van der Waals surface area (Å²) in [5, 5.41) is 3.22. The summed E-state index contributed by atoms with van der Waals surface area (Å²) in [6.45, 7) is 3.75. The molecule has 25 heavy (non-hydrogen) atoms. The van der Waals surface area contributed by atoms with Gasteiger partial charge in [0.2, 0.25) is 5.91 Å². The molecule has 1 aromatic carbocycles. The molecule has 3 rings (SSSR count). The third kappa shape index (κ3) is 3.64. The van der Waals surface area contributed by atoms with Gasteiger partial charge in [0.05, 0.1) is 11.7 Å². The van der Waals surface area contributed by atoms with Gasteiger partial charge < -0.3 is 5.32 Å². The number of amides is 1. The van der Waals surface area contributed by atoms with Crippen LogP contribution in [0.15, 0.2) is 32.6 Å². The quantitative estimate of drug-likeness (QED) is 0.758. The second-order valence-corrected chi connectivity index (χ2v) is 7.73. The maximum atomic E-state index is 13.9. The first kappa shape index (κ1) is 18.1. The lowest BCUT2D eigenvalue weighted by Crippen LogP contribution is -2.30. The van der Waals surface area contributed by atoms with Gasteiger partial charge in [0.15, 0.2) is 5.16 Å². The molecular weight excluding hydrogens is 409 g/mol. The number of anilines is 1. The molecule has 0 bridgehead atoms. The van der Waals surface area contributed by atoms with Crippen molar-refractivity contribution in [2.45, 2.75) is 37.9 Å². The molecule has 0 aliphatic carbocycles. The molecule has 1 aliphatic rings.